The second kappa shape index (κ2) is 13.6. The Balaban J connectivity index is 0.00000372. The first kappa shape index (κ1) is 32.5. The SMILES string of the molecule is [Pt+2].[c-]1c(Oc2[c-]c3c(cc2)c2c4ccccc4ccc2n3-c2cc(-c3ccccc3)ccn2)cc(-c2ccccc2)cc1-c1cc2ccccc2nn1. The van der Waals surface area contributed by atoms with Gasteiger partial charge in [0.05, 0.1) is 5.52 Å². The zero-order chi connectivity index (χ0) is 34.4. The van der Waals surface area contributed by atoms with Gasteiger partial charge in [-0.1, -0.05) is 138 Å². The first-order valence-corrected chi connectivity index (χ1v) is 17.2. The van der Waals surface area contributed by atoms with E-state index < -0.39 is 0 Å². The van der Waals surface area contributed by atoms with Gasteiger partial charge in [0.1, 0.15) is 5.82 Å². The summed E-state index contributed by atoms with van der Waals surface area (Å²) < 4.78 is 8.86. The maximum absolute atomic E-state index is 6.67. The van der Waals surface area contributed by atoms with E-state index in [4.69, 9.17) is 9.72 Å². The molecule has 0 fully saturated rings. The van der Waals surface area contributed by atoms with Crippen molar-refractivity contribution in [3.63, 3.8) is 0 Å². The Kier molecular flexibility index (Phi) is 8.34. The van der Waals surface area contributed by atoms with Crippen molar-refractivity contribution >= 4 is 43.5 Å². The summed E-state index contributed by atoms with van der Waals surface area (Å²) in [7, 11) is 0. The van der Waals surface area contributed by atoms with Crippen LogP contribution in [0.5, 0.6) is 11.5 Å². The van der Waals surface area contributed by atoms with Crippen molar-refractivity contribution < 1.29 is 25.8 Å². The standard InChI is InChI=1S/C47H28N4O.Pt/c1-3-11-31(12-4-1)34-23-24-48-46(29-34)51-44-22-19-33-15-7-9-17-40(33)47(44)41-21-20-38(30-45(41)51)52-39-26-36(32-13-5-2-6-14-32)25-37(27-39)43-28-35-16-8-10-18-42(35)49-50-43;/h1-26,28-29H;/q-2;+2. The van der Waals surface area contributed by atoms with Gasteiger partial charge in [0.25, 0.3) is 0 Å². The zero-order valence-electron chi connectivity index (χ0n) is 28.2. The van der Waals surface area contributed by atoms with Gasteiger partial charge in [-0.05, 0) is 62.5 Å². The second-order valence-corrected chi connectivity index (χ2v) is 12.8. The van der Waals surface area contributed by atoms with Crippen LogP contribution in [-0.2, 0) is 21.1 Å². The Hall–Kier alpha value is -6.42. The fourth-order valence-electron chi connectivity index (χ4n) is 7.11. The van der Waals surface area contributed by atoms with Crippen molar-refractivity contribution in [2.75, 3.05) is 0 Å². The molecule has 3 aromatic heterocycles. The third kappa shape index (κ3) is 5.95. The van der Waals surface area contributed by atoms with Gasteiger partial charge >= 0.3 is 21.1 Å². The van der Waals surface area contributed by atoms with Crippen LogP contribution in [0.15, 0.2) is 170 Å². The topological polar surface area (TPSA) is 52.8 Å². The molecule has 53 heavy (non-hydrogen) atoms. The maximum Gasteiger partial charge on any atom is 2.00 e. The van der Waals surface area contributed by atoms with Crippen molar-refractivity contribution in [1.29, 1.82) is 0 Å². The fraction of sp³-hybridized carbons (Fsp3) is 0. The Morgan fingerprint density at radius 1 is 0.509 bits per heavy atom. The average molecular weight is 860 g/mol. The molecule has 10 aromatic rings. The molecule has 0 radical (unpaired) electrons. The van der Waals surface area contributed by atoms with Crippen LogP contribution in [0.25, 0.3) is 82.8 Å². The molecule has 0 amide bonds. The van der Waals surface area contributed by atoms with Crippen LogP contribution in [0.3, 0.4) is 0 Å². The molecule has 0 spiro atoms. The molecule has 0 saturated carbocycles. The number of benzene rings is 7. The van der Waals surface area contributed by atoms with E-state index in [2.05, 4.69) is 118 Å². The minimum Gasteiger partial charge on any atom is -0.503 e. The molecular formula is C47H28N4OPt. The van der Waals surface area contributed by atoms with Gasteiger partial charge in [0.2, 0.25) is 0 Å². The molecule has 0 N–H and O–H groups in total. The van der Waals surface area contributed by atoms with Gasteiger partial charge in [0, 0.05) is 28.9 Å². The van der Waals surface area contributed by atoms with Crippen LogP contribution in [0.4, 0.5) is 0 Å². The van der Waals surface area contributed by atoms with Gasteiger partial charge in [0.15, 0.2) is 0 Å². The molecule has 0 unspecified atom stereocenters. The van der Waals surface area contributed by atoms with Gasteiger partial charge in [-0.15, -0.1) is 29.1 Å². The molecule has 0 aliphatic carbocycles. The minimum atomic E-state index is 0. The molecule has 0 aliphatic heterocycles. The maximum atomic E-state index is 6.67. The quantitative estimate of drug-likeness (QED) is 0.156. The predicted octanol–water partition coefficient (Wildman–Crippen LogP) is 11.7. The van der Waals surface area contributed by atoms with E-state index in [1.54, 1.807) is 0 Å². The van der Waals surface area contributed by atoms with E-state index in [0.717, 1.165) is 72.0 Å². The van der Waals surface area contributed by atoms with Crippen molar-refractivity contribution in [2.24, 2.45) is 0 Å². The number of nitrogens with zero attached hydrogens (tertiary/aromatic N) is 4. The second-order valence-electron chi connectivity index (χ2n) is 12.8. The monoisotopic (exact) mass is 859 g/mol. The smallest absolute Gasteiger partial charge is 0.503 e. The van der Waals surface area contributed by atoms with Crippen LogP contribution in [0.1, 0.15) is 0 Å². The van der Waals surface area contributed by atoms with Gasteiger partial charge < -0.3 is 9.30 Å². The summed E-state index contributed by atoms with van der Waals surface area (Å²) in [5.74, 6) is 1.93. The van der Waals surface area contributed by atoms with Crippen LogP contribution in [0.2, 0.25) is 0 Å². The Morgan fingerprint density at radius 2 is 1.25 bits per heavy atom. The van der Waals surface area contributed by atoms with Crippen molar-refractivity contribution in [3.8, 4) is 50.8 Å². The number of ether oxygens (including phenoxy) is 1. The number of hydrogen-bond donors (Lipinski definition) is 0. The molecule has 0 atom stereocenters. The van der Waals surface area contributed by atoms with Gasteiger partial charge in [-0.25, -0.2) is 10.1 Å². The molecule has 0 saturated heterocycles. The summed E-state index contributed by atoms with van der Waals surface area (Å²) >= 11 is 0. The summed E-state index contributed by atoms with van der Waals surface area (Å²) in [6, 6.07) is 63.1. The Bertz CT molecular complexity index is 2940. The first-order valence-electron chi connectivity index (χ1n) is 17.2. The Morgan fingerprint density at radius 3 is 2.08 bits per heavy atom. The molecule has 3 heterocycles. The summed E-state index contributed by atoms with van der Waals surface area (Å²) in [5, 5.41) is 14.6. The van der Waals surface area contributed by atoms with E-state index in [-0.39, 0.29) is 21.1 Å². The van der Waals surface area contributed by atoms with E-state index in [1.807, 2.05) is 79.0 Å². The van der Waals surface area contributed by atoms with Crippen LogP contribution in [-0.4, -0.2) is 19.7 Å². The molecule has 10 rings (SSSR count). The van der Waals surface area contributed by atoms with Crippen molar-refractivity contribution in [2.45, 2.75) is 0 Å². The molecule has 6 heteroatoms. The fourth-order valence-corrected chi connectivity index (χ4v) is 7.11. The number of aromatic nitrogens is 4. The third-order valence-corrected chi connectivity index (χ3v) is 9.56. The average Bonchev–Trinajstić information content (AvgIpc) is 3.55. The predicted molar refractivity (Wildman–Crippen MR) is 210 cm³/mol. The van der Waals surface area contributed by atoms with Gasteiger partial charge in [-0.3, -0.25) is 0 Å². The molecule has 0 bridgehead atoms. The van der Waals surface area contributed by atoms with Crippen LogP contribution < -0.4 is 4.74 Å². The van der Waals surface area contributed by atoms with Crippen molar-refractivity contribution in [3.05, 3.63) is 182 Å². The minimum absolute atomic E-state index is 0. The molecule has 7 aromatic carbocycles. The van der Waals surface area contributed by atoms with E-state index >= 15 is 0 Å². The van der Waals surface area contributed by atoms with E-state index in [9.17, 15) is 0 Å². The number of rotatable bonds is 6. The molecule has 5 nitrogen and oxygen atoms in total. The van der Waals surface area contributed by atoms with Crippen molar-refractivity contribution in [1.82, 2.24) is 19.7 Å². The number of fused-ring (bicyclic) bond motifs is 6. The van der Waals surface area contributed by atoms with E-state index in [1.165, 1.54) is 10.8 Å². The number of pyridine rings is 1. The summed E-state index contributed by atoms with van der Waals surface area (Å²) in [6.07, 6.45) is 1.87. The summed E-state index contributed by atoms with van der Waals surface area (Å²) in [5.41, 5.74) is 8.55. The molecule has 0 aliphatic rings. The van der Waals surface area contributed by atoms with Crippen LogP contribution in [0, 0.1) is 12.1 Å². The Labute approximate surface area is 320 Å². The van der Waals surface area contributed by atoms with E-state index in [0.29, 0.717) is 11.5 Å². The summed E-state index contributed by atoms with van der Waals surface area (Å²) in [6.45, 7) is 0. The zero-order valence-corrected chi connectivity index (χ0v) is 30.5. The molecule has 252 valence electrons. The van der Waals surface area contributed by atoms with Crippen LogP contribution >= 0.6 is 0 Å². The first-order chi connectivity index (χ1) is 25.7. The van der Waals surface area contributed by atoms with Gasteiger partial charge in [-0.2, -0.15) is 11.2 Å². The summed E-state index contributed by atoms with van der Waals surface area (Å²) in [4.78, 5) is 4.90. The number of hydrogen-bond acceptors (Lipinski definition) is 4. The molecular weight excluding hydrogens is 832 g/mol. The third-order valence-electron chi connectivity index (χ3n) is 9.56. The largest absolute Gasteiger partial charge is 2.00 e. The normalized spacial score (nSPS) is 11.2.